The van der Waals surface area contributed by atoms with Crippen LogP contribution >= 0.6 is 0 Å². The first-order valence-electron chi connectivity index (χ1n) is 9.15. The standard InChI is InChI=1S/C20H33N3/c1-20(2,3)23-13-8-11-19(23)17-9-6-7-10-18(17)22(5)16-12-14-21(4)15-16/h6-7,9-10,16,19H,8,11-15H2,1-5H3/t16?,19-/m1/s1. The van der Waals surface area contributed by atoms with Crippen LogP contribution in [-0.2, 0) is 0 Å². The maximum Gasteiger partial charge on any atom is 0.0425 e. The SMILES string of the molecule is CN1CCC(N(C)c2ccccc2[C@H]2CCCN2C(C)(C)C)C1. The van der Waals surface area contributed by atoms with Crippen LogP contribution in [0.4, 0.5) is 5.69 Å². The van der Waals surface area contributed by atoms with Gasteiger partial charge in [-0.25, -0.2) is 0 Å². The van der Waals surface area contributed by atoms with Crippen molar-refractivity contribution in [2.75, 3.05) is 38.6 Å². The van der Waals surface area contributed by atoms with E-state index in [2.05, 4.69) is 73.8 Å². The summed E-state index contributed by atoms with van der Waals surface area (Å²) in [6, 6.07) is 10.3. The summed E-state index contributed by atoms with van der Waals surface area (Å²) in [5.74, 6) is 0. The number of hydrogen-bond donors (Lipinski definition) is 0. The molecule has 0 amide bonds. The van der Waals surface area contributed by atoms with Gasteiger partial charge in [0.25, 0.3) is 0 Å². The molecule has 0 aliphatic carbocycles. The summed E-state index contributed by atoms with van der Waals surface area (Å²) in [4.78, 5) is 7.68. The van der Waals surface area contributed by atoms with Crippen molar-refractivity contribution >= 4 is 5.69 Å². The number of para-hydroxylation sites is 1. The molecular formula is C20H33N3. The molecule has 0 bridgehead atoms. The van der Waals surface area contributed by atoms with Crippen molar-refractivity contribution in [2.45, 2.75) is 57.7 Å². The van der Waals surface area contributed by atoms with Gasteiger partial charge < -0.3 is 9.80 Å². The third-order valence-corrected chi connectivity index (χ3v) is 5.70. The van der Waals surface area contributed by atoms with E-state index in [9.17, 15) is 0 Å². The van der Waals surface area contributed by atoms with Gasteiger partial charge in [0.15, 0.2) is 0 Å². The third-order valence-electron chi connectivity index (χ3n) is 5.70. The van der Waals surface area contributed by atoms with E-state index in [-0.39, 0.29) is 5.54 Å². The van der Waals surface area contributed by atoms with E-state index in [0.29, 0.717) is 12.1 Å². The van der Waals surface area contributed by atoms with Crippen molar-refractivity contribution in [2.24, 2.45) is 0 Å². The van der Waals surface area contributed by atoms with Crippen molar-refractivity contribution in [3.05, 3.63) is 29.8 Å². The second-order valence-corrected chi connectivity index (χ2v) is 8.40. The number of benzene rings is 1. The van der Waals surface area contributed by atoms with Crippen LogP contribution in [0.3, 0.4) is 0 Å². The molecular weight excluding hydrogens is 282 g/mol. The molecule has 2 atom stereocenters. The molecule has 3 nitrogen and oxygen atoms in total. The van der Waals surface area contributed by atoms with Gasteiger partial charge in [-0.05, 0) is 71.8 Å². The third kappa shape index (κ3) is 3.41. The van der Waals surface area contributed by atoms with Crippen molar-refractivity contribution < 1.29 is 0 Å². The van der Waals surface area contributed by atoms with Crippen LogP contribution in [-0.4, -0.2) is 55.1 Å². The maximum absolute atomic E-state index is 2.69. The Hall–Kier alpha value is -1.06. The predicted molar refractivity (Wildman–Crippen MR) is 99.2 cm³/mol. The van der Waals surface area contributed by atoms with Crippen molar-refractivity contribution in [1.82, 2.24) is 9.80 Å². The molecule has 2 heterocycles. The maximum atomic E-state index is 2.69. The lowest BCUT2D eigenvalue weighted by Crippen LogP contribution is -2.41. The zero-order chi connectivity index (χ0) is 16.6. The lowest BCUT2D eigenvalue weighted by atomic mass is 9.97. The van der Waals surface area contributed by atoms with Crippen molar-refractivity contribution in [3.8, 4) is 0 Å². The molecule has 0 radical (unpaired) electrons. The van der Waals surface area contributed by atoms with Crippen LogP contribution in [0.2, 0.25) is 0 Å². The Morgan fingerprint density at radius 1 is 1.09 bits per heavy atom. The molecule has 3 heteroatoms. The van der Waals surface area contributed by atoms with Crippen LogP contribution in [0.5, 0.6) is 0 Å². The summed E-state index contributed by atoms with van der Waals surface area (Å²) in [6.07, 6.45) is 3.87. The highest BCUT2D eigenvalue weighted by Gasteiger charge is 2.35. The van der Waals surface area contributed by atoms with Crippen LogP contribution in [0.1, 0.15) is 51.6 Å². The number of hydrogen-bond acceptors (Lipinski definition) is 3. The zero-order valence-electron chi connectivity index (χ0n) is 15.5. The fourth-order valence-electron chi connectivity index (χ4n) is 4.41. The largest absolute Gasteiger partial charge is 0.370 e. The molecule has 1 unspecified atom stereocenters. The smallest absolute Gasteiger partial charge is 0.0425 e. The van der Waals surface area contributed by atoms with Gasteiger partial charge in [0, 0.05) is 36.9 Å². The molecule has 2 saturated heterocycles. The fraction of sp³-hybridized carbons (Fsp3) is 0.700. The first-order chi connectivity index (χ1) is 10.9. The monoisotopic (exact) mass is 315 g/mol. The van der Waals surface area contributed by atoms with E-state index in [1.54, 1.807) is 0 Å². The summed E-state index contributed by atoms with van der Waals surface area (Å²) in [5, 5.41) is 0. The van der Waals surface area contributed by atoms with Crippen LogP contribution in [0.25, 0.3) is 0 Å². The van der Waals surface area contributed by atoms with Gasteiger partial charge in [0.1, 0.15) is 0 Å². The Morgan fingerprint density at radius 2 is 1.83 bits per heavy atom. The Morgan fingerprint density at radius 3 is 2.48 bits per heavy atom. The summed E-state index contributed by atoms with van der Waals surface area (Å²) < 4.78 is 0. The second-order valence-electron chi connectivity index (χ2n) is 8.40. The van der Waals surface area contributed by atoms with Gasteiger partial charge in [-0.3, -0.25) is 4.90 Å². The van der Waals surface area contributed by atoms with Crippen molar-refractivity contribution in [3.63, 3.8) is 0 Å². The Balaban J connectivity index is 1.89. The fourth-order valence-corrected chi connectivity index (χ4v) is 4.41. The Kier molecular flexibility index (Phi) is 4.70. The quantitative estimate of drug-likeness (QED) is 0.841. The zero-order valence-corrected chi connectivity index (χ0v) is 15.5. The molecule has 0 spiro atoms. The molecule has 1 aromatic carbocycles. The average Bonchev–Trinajstić information content (AvgIpc) is 3.14. The number of likely N-dealkylation sites (N-methyl/N-ethyl adjacent to an activating group) is 2. The highest BCUT2D eigenvalue weighted by atomic mass is 15.3. The van der Waals surface area contributed by atoms with Gasteiger partial charge in [-0.15, -0.1) is 0 Å². The van der Waals surface area contributed by atoms with E-state index in [1.807, 2.05) is 0 Å². The lowest BCUT2D eigenvalue weighted by molar-refractivity contribution is 0.122. The topological polar surface area (TPSA) is 9.72 Å². The van der Waals surface area contributed by atoms with E-state index < -0.39 is 0 Å². The van der Waals surface area contributed by atoms with Gasteiger partial charge in [0.2, 0.25) is 0 Å². The minimum Gasteiger partial charge on any atom is -0.370 e. The predicted octanol–water partition coefficient (Wildman–Crippen LogP) is 3.76. The van der Waals surface area contributed by atoms with E-state index in [1.165, 1.54) is 50.1 Å². The molecule has 0 N–H and O–H groups in total. The summed E-state index contributed by atoms with van der Waals surface area (Å²) >= 11 is 0. The molecule has 1 aromatic rings. The Bertz CT molecular complexity index is 534. The van der Waals surface area contributed by atoms with Crippen LogP contribution in [0, 0.1) is 0 Å². The number of nitrogens with zero attached hydrogens (tertiary/aromatic N) is 3. The van der Waals surface area contributed by atoms with Gasteiger partial charge in [-0.2, -0.15) is 0 Å². The first-order valence-corrected chi connectivity index (χ1v) is 9.15. The number of rotatable bonds is 3. The van der Waals surface area contributed by atoms with E-state index >= 15 is 0 Å². The molecule has 2 fully saturated rings. The van der Waals surface area contributed by atoms with E-state index in [0.717, 1.165) is 0 Å². The van der Waals surface area contributed by atoms with Gasteiger partial charge >= 0.3 is 0 Å². The highest BCUT2D eigenvalue weighted by molar-refractivity contribution is 5.55. The molecule has 128 valence electrons. The van der Waals surface area contributed by atoms with E-state index in [4.69, 9.17) is 0 Å². The van der Waals surface area contributed by atoms with Gasteiger partial charge in [0.05, 0.1) is 0 Å². The summed E-state index contributed by atoms with van der Waals surface area (Å²) in [6.45, 7) is 10.7. The number of likely N-dealkylation sites (tertiary alicyclic amines) is 2. The molecule has 2 aliphatic heterocycles. The summed E-state index contributed by atoms with van der Waals surface area (Å²) in [7, 11) is 4.52. The molecule has 23 heavy (non-hydrogen) atoms. The minimum atomic E-state index is 0.237. The second kappa shape index (κ2) is 6.45. The number of anilines is 1. The van der Waals surface area contributed by atoms with Crippen molar-refractivity contribution in [1.29, 1.82) is 0 Å². The Labute approximate surface area is 142 Å². The summed E-state index contributed by atoms with van der Waals surface area (Å²) in [5.41, 5.74) is 3.20. The average molecular weight is 316 g/mol. The van der Waals surface area contributed by atoms with Crippen LogP contribution < -0.4 is 4.90 Å². The minimum absolute atomic E-state index is 0.237. The van der Waals surface area contributed by atoms with Crippen LogP contribution in [0.15, 0.2) is 24.3 Å². The lowest BCUT2D eigenvalue weighted by Gasteiger charge is -2.39. The molecule has 2 aliphatic rings. The normalized spacial score (nSPS) is 26.8. The first kappa shape index (κ1) is 16.8. The highest BCUT2D eigenvalue weighted by Crippen LogP contribution is 2.41. The van der Waals surface area contributed by atoms with Gasteiger partial charge in [-0.1, -0.05) is 18.2 Å². The molecule has 0 aromatic heterocycles. The molecule has 0 saturated carbocycles. The molecule has 3 rings (SSSR count).